The molecule has 0 fully saturated rings. The Morgan fingerprint density at radius 3 is 2.75 bits per heavy atom. The van der Waals surface area contributed by atoms with Gasteiger partial charge in [-0.05, 0) is 18.1 Å². The molecule has 5 nitrogen and oxygen atoms in total. The Bertz CT molecular complexity index is 536. The van der Waals surface area contributed by atoms with Crippen LogP contribution in [0.5, 0.6) is 0 Å². The van der Waals surface area contributed by atoms with Crippen LogP contribution in [-0.4, -0.2) is 22.9 Å². The number of hydrogen-bond donors (Lipinski definition) is 3. The molecular weight excluding hydrogens is 232 g/mol. The maximum Gasteiger partial charge on any atom is 0.320 e. The van der Waals surface area contributed by atoms with Crippen molar-refractivity contribution < 1.29 is 18.8 Å². The Kier molecular flexibility index (Phi) is 2.65. The zero-order valence-corrected chi connectivity index (χ0v) is 8.84. The van der Waals surface area contributed by atoms with Gasteiger partial charge in [-0.2, -0.15) is 0 Å². The van der Waals surface area contributed by atoms with E-state index in [0.29, 0.717) is 0 Å². The molecule has 0 bridgehead atoms. The average Bonchev–Trinajstić information content (AvgIpc) is 2.34. The zero-order chi connectivity index (χ0) is 14.9. The largest absolute Gasteiger partial charge is 0.480 e. The Morgan fingerprint density at radius 2 is 2.19 bits per heavy atom. The Morgan fingerprint density at radius 1 is 1.56 bits per heavy atom. The minimum atomic E-state index is -1.44. The van der Waals surface area contributed by atoms with Crippen LogP contribution in [0.25, 0.3) is 0 Å². The van der Waals surface area contributed by atoms with E-state index in [0.717, 1.165) is 0 Å². The number of halogens is 1. The summed E-state index contributed by atoms with van der Waals surface area (Å²) < 4.78 is 22.6. The summed E-state index contributed by atoms with van der Waals surface area (Å²) in [5.74, 6) is -2.18. The molecule has 1 aromatic carbocycles. The van der Waals surface area contributed by atoms with E-state index >= 15 is 0 Å². The van der Waals surface area contributed by atoms with Crippen molar-refractivity contribution in [1.82, 2.24) is 0 Å². The molecule has 0 aliphatic carbocycles. The number of carboxylic acid groups (broad SMARTS) is 1. The van der Waals surface area contributed by atoms with Crippen molar-refractivity contribution in [3.05, 3.63) is 28.7 Å². The molecule has 0 amide bonds. The molecule has 16 heavy (non-hydrogen) atoms. The number of aliphatic carboxylic acids is 1. The molecule has 5 N–H and O–H groups in total. The van der Waals surface area contributed by atoms with E-state index in [9.17, 15) is 9.59 Å². The molecule has 6 heteroatoms. The molecular formula is C10H11ClN2O3. The van der Waals surface area contributed by atoms with Crippen LogP contribution in [0, 0.1) is 0 Å². The number of Topliss-reactive ketones (excluding diaryl/α,β-unsaturated/α-hetero) is 1. The highest BCUT2D eigenvalue weighted by atomic mass is 35.5. The van der Waals surface area contributed by atoms with Crippen molar-refractivity contribution in [3.63, 3.8) is 0 Å². The third-order valence-corrected chi connectivity index (χ3v) is 2.00. The fourth-order valence-corrected chi connectivity index (χ4v) is 1.15. The monoisotopic (exact) mass is 245 g/mol. The average molecular weight is 246 g/mol. The first-order chi connectivity index (χ1) is 8.68. The summed E-state index contributed by atoms with van der Waals surface area (Å²) in [7, 11) is 0. The first-order valence-electron chi connectivity index (χ1n) is 5.74. The van der Waals surface area contributed by atoms with Gasteiger partial charge in [0, 0.05) is 22.7 Å². The van der Waals surface area contributed by atoms with E-state index in [1.54, 1.807) is 0 Å². The summed E-state index contributed by atoms with van der Waals surface area (Å²) in [6.45, 7) is 0. The van der Waals surface area contributed by atoms with Gasteiger partial charge in [-0.3, -0.25) is 9.59 Å². The smallest absolute Gasteiger partial charge is 0.320 e. The minimum absolute atomic E-state index is 0.332. The van der Waals surface area contributed by atoms with E-state index in [-0.39, 0.29) is 10.7 Å². The number of carbonyl (C=O) groups is 2. The van der Waals surface area contributed by atoms with Gasteiger partial charge in [-0.25, -0.2) is 0 Å². The highest BCUT2D eigenvalue weighted by Gasteiger charge is 2.18. The predicted octanol–water partition coefficient (Wildman–Crippen LogP) is 0.907. The topological polar surface area (TPSA) is 106 Å². The van der Waals surface area contributed by atoms with Gasteiger partial charge < -0.3 is 16.6 Å². The number of rotatable bonds is 4. The lowest BCUT2D eigenvalue weighted by atomic mass is 10.0. The third-order valence-electron chi connectivity index (χ3n) is 1.81. The molecule has 0 saturated carbocycles. The first kappa shape index (κ1) is 8.55. The van der Waals surface area contributed by atoms with Gasteiger partial charge in [-0.15, -0.1) is 0 Å². The van der Waals surface area contributed by atoms with Crippen LogP contribution in [-0.2, 0) is 4.79 Å². The summed E-state index contributed by atoms with van der Waals surface area (Å²) >= 11 is 5.62. The number of carboxylic acids is 1. The van der Waals surface area contributed by atoms with Crippen LogP contribution in [0.1, 0.15) is 20.9 Å². The second-order valence-electron chi connectivity index (χ2n) is 3.05. The summed E-state index contributed by atoms with van der Waals surface area (Å²) in [6, 6.07) is -2.92. The molecule has 1 atom stereocenters. The second kappa shape index (κ2) is 4.96. The number of benzene rings is 1. The molecule has 0 aliphatic rings. The number of ketones is 1. The van der Waals surface area contributed by atoms with Gasteiger partial charge in [0.2, 0.25) is 0 Å². The molecule has 0 spiro atoms. The van der Waals surface area contributed by atoms with Crippen LogP contribution < -0.4 is 11.5 Å². The van der Waals surface area contributed by atoms with Gasteiger partial charge in [-0.1, -0.05) is 11.6 Å². The maximum atomic E-state index is 11.9. The van der Waals surface area contributed by atoms with Gasteiger partial charge >= 0.3 is 5.97 Å². The van der Waals surface area contributed by atoms with Gasteiger partial charge in [0.25, 0.3) is 0 Å². The van der Waals surface area contributed by atoms with E-state index in [2.05, 4.69) is 0 Å². The van der Waals surface area contributed by atoms with Crippen molar-refractivity contribution in [2.24, 2.45) is 5.73 Å². The number of carbonyl (C=O) groups excluding carboxylic acids is 1. The van der Waals surface area contributed by atoms with E-state index in [1.165, 1.54) is 0 Å². The fourth-order valence-electron chi connectivity index (χ4n) is 1.01. The van der Waals surface area contributed by atoms with E-state index < -0.39 is 47.9 Å². The predicted molar refractivity (Wildman–Crippen MR) is 60.4 cm³/mol. The number of hydrogen-bond acceptors (Lipinski definition) is 4. The van der Waals surface area contributed by atoms with Crippen LogP contribution in [0.15, 0.2) is 18.1 Å². The van der Waals surface area contributed by atoms with Gasteiger partial charge in [0.15, 0.2) is 5.78 Å². The lowest BCUT2D eigenvalue weighted by molar-refractivity contribution is -0.138. The highest BCUT2D eigenvalue weighted by Crippen LogP contribution is 2.19. The van der Waals surface area contributed by atoms with Gasteiger partial charge in [0.05, 0.1) is 4.11 Å². The minimum Gasteiger partial charge on any atom is -0.480 e. The number of anilines is 1. The summed E-state index contributed by atoms with van der Waals surface area (Å²) in [5.41, 5.74) is 9.99. The molecule has 86 valence electrons. The van der Waals surface area contributed by atoms with Crippen molar-refractivity contribution in [2.45, 2.75) is 12.5 Å². The second-order valence-corrected chi connectivity index (χ2v) is 3.43. The maximum absolute atomic E-state index is 11.9. The van der Waals surface area contributed by atoms with Crippen LogP contribution in [0.3, 0.4) is 0 Å². The highest BCUT2D eigenvalue weighted by molar-refractivity contribution is 6.31. The summed E-state index contributed by atoms with van der Waals surface area (Å²) in [4.78, 5) is 22.4. The van der Waals surface area contributed by atoms with Gasteiger partial charge in [0.1, 0.15) is 6.04 Å². The van der Waals surface area contributed by atoms with Crippen molar-refractivity contribution >= 4 is 29.0 Å². The van der Waals surface area contributed by atoms with E-state index in [1.807, 2.05) is 0 Å². The zero-order valence-electron chi connectivity index (χ0n) is 11.1. The molecule has 0 heterocycles. The lowest BCUT2D eigenvalue weighted by Gasteiger charge is -2.07. The van der Waals surface area contributed by atoms with Crippen LogP contribution >= 0.6 is 11.6 Å². The van der Waals surface area contributed by atoms with Crippen molar-refractivity contribution in [1.29, 1.82) is 0 Å². The Labute approximate surface area is 101 Å². The number of nitrogens with two attached hydrogens (primary N) is 2. The molecule has 0 aliphatic heterocycles. The van der Waals surface area contributed by atoms with Crippen LogP contribution in [0.4, 0.5) is 5.69 Å². The molecule has 0 radical (unpaired) electrons. The fraction of sp³-hybridized carbons (Fsp3) is 0.200. The molecule has 0 saturated heterocycles. The SMILES string of the molecule is [2H]c1c([2H])c(C(=O)C[C@H](N)C(=O)O)c(N)c([2H])c1Cl. The summed E-state index contributed by atoms with van der Waals surface area (Å²) in [6.07, 6.45) is -0.577. The van der Waals surface area contributed by atoms with Crippen molar-refractivity contribution in [3.8, 4) is 0 Å². The third kappa shape index (κ3) is 2.95. The molecule has 0 aromatic heterocycles. The molecule has 1 rings (SSSR count). The standard InChI is InChI=1S/C10H11ClN2O3/c11-5-1-2-6(7(12)3-5)9(14)4-8(13)10(15)16/h1-3,8H,4,12-13H2,(H,15,16)/t8-/m0/s1/i1D,2D,3D. The lowest BCUT2D eigenvalue weighted by Crippen LogP contribution is -2.32. The quantitative estimate of drug-likeness (QED) is 0.540. The molecule has 1 aromatic rings. The Hall–Kier alpha value is -1.59. The van der Waals surface area contributed by atoms with Crippen LogP contribution in [0.2, 0.25) is 5.02 Å². The Balaban J connectivity index is 3.28. The summed E-state index contributed by atoms with van der Waals surface area (Å²) in [5, 5.41) is 8.29. The normalized spacial score (nSPS) is 14.8. The number of nitrogen functional groups attached to an aromatic ring is 1. The van der Waals surface area contributed by atoms with Crippen molar-refractivity contribution in [2.75, 3.05) is 5.73 Å². The molecule has 0 unspecified atom stereocenters. The van der Waals surface area contributed by atoms with E-state index in [4.69, 9.17) is 32.3 Å². The first-order valence-corrected chi connectivity index (χ1v) is 4.62.